The van der Waals surface area contributed by atoms with Crippen molar-refractivity contribution in [2.45, 2.75) is 6.54 Å². The molecule has 3 heterocycles. The molecule has 0 bridgehead atoms. The van der Waals surface area contributed by atoms with Gasteiger partial charge in [-0.2, -0.15) is 0 Å². The van der Waals surface area contributed by atoms with Crippen LogP contribution in [0.4, 0.5) is 0 Å². The van der Waals surface area contributed by atoms with Crippen LogP contribution in [0.3, 0.4) is 0 Å². The first-order valence-corrected chi connectivity index (χ1v) is 7.41. The van der Waals surface area contributed by atoms with Crippen LogP contribution in [0.2, 0.25) is 0 Å². The monoisotopic (exact) mass is 306 g/mol. The standard InChI is InChI=1S/C12H10N4O2S2/c13-15-10(17)9-2-1-7(20-9)5-16-6-14-11-8(12(16)18)3-4-19-11/h1-4,6H,5,13H2,(H,15,17). The summed E-state index contributed by atoms with van der Waals surface area (Å²) >= 11 is 2.74. The Labute approximate surface area is 121 Å². The van der Waals surface area contributed by atoms with E-state index in [1.165, 1.54) is 33.6 Å². The number of amides is 1. The molecule has 0 atom stereocenters. The number of rotatable bonds is 3. The minimum Gasteiger partial charge on any atom is -0.293 e. The van der Waals surface area contributed by atoms with Crippen LogP contribution in [0, 0.1) is 0 Å². The number of nitrogens with zero attached hydrogens (tertiary/aromatic N) is 2. The first-order chi connectivity index (χ1) is 9.69. The van der Waals surface area contributed by atoms with Gasteiger partial charge in [-0.25, -0.2) is 10.8 Å². The van der Waals surface area contributed by atoms with Gasteiger partial charge in [-0.1, -0.05) is 0 Å². The van der Waals surface area contributed by atoms with Crippen LogP contribution < -0.4 is 16.8 Å². The lowest BCUT2D eigenvalue weighted by Gasteiger charge is -2.02. The van der Waals surface area contributed by atoms with Crippen molar-refractivity contribution < 1.29 is 4.79 Å². The number of nitrogen functional groups attached to an aromatic ring is 1. The van der Waals surface area contributed by atoms with Gasteiger partial charge in [-0.05, 0) is 23.6 Å². The van der Waals surface area contributed by atoms with E-state index in [1.54, 1.807) is 18.2 Å². The van der Waals surface area contributed by atoms with Crippen molar-refractivity contribution in [3.63, 3.8) is 0 Å². The normalized spacial score (nSPS) is 10.8. The summed E-state index contributed by atoms with van der Waals surface area (Å²) in [5.41, 5.74) is 2.01. The molecular formula is C12H10N4O2S2. The van der Waals surface area contributed by atoms with Crippen LogP contribution in [0.15, 0.2) is 34.7 Å². The van der Waals surface area contributed by atoms with Gasteiger partial charge < -0.3 is 0 Å². The molecule has 1 amide bonds. The molecule has 3 aromatic heterocycles. The Morgan fingerprint density at radius 1 is 1.40 bits per heavy atom. The summed E-state index contributed by atoms with van der Waals surface area (Å²) in [5.74, 6) is 4.75. The Morgan fingerprint density at radius 2 is 2.25 bits per heavy atom. The molecule has 3 rings (SSSR count). The van der Waals surface area contributed by atoms with Gasteiger partial charge in [0, 0.05) is 4.88 Å². The van der Waals surface area contributed by atoms with E-state index in [4.69, 9.17) is 5.84 Å². The molecule has 0 aliphatic heterocycles. The lowest BCUT2D eigenvalue weighted by Crippen LogP contribution is -2.29. The van der Waals surface area contributed by atoms with Crippen molar-refractivity contribution in [3.05, 3.63) is 50.0 Å². The first kappa shape index (κ1) is 13.0. The summed E-state index contributed by atoms with van der Waals surface area (Å²) in [6.07, 6.45) is 1.53. The molecule has 0 fully saturated rings. The molecule has 6 nitrogen and oxygen atoms in total. The maximum Gasteiger partial charge on any atom is 0.275 e. The Hall–Kier alpha value is -2.03. The van der Waals surface area contributed by atoms with Gasteiger partial charge in [0.25, 0.3) is 11.5 Å². The lowest BCUT2D eigenvalue weighted by atomic mass is 10.4. The van der Waals surface area contributed by atoms with Crippen LogP contribution in [0.5, 0.6) is 0 Å². The largest absolute Gasteiger partial charge is 0.293 e. The summed E-state index contributed by atoms with van der Waals surface area (Å²) in [6, 6.07) is 5.26. The fourth-order valence-electron chi connectivity index (χ4n) is 1.83. The average molecular weight is 306 g/mol. The Kier molecular flexibility index (Phi) is 3.35. The van der Waals surface area contributed by atoms with Crippen molar-refractivity contribution in [2.24, 2.45) is 5.84 Å². The van der Waals surface area contributed by atoms with E-state index in [1.807, 2.05) is 5.38 Å². The summed E-state index contributed by atoms with van der Waals surface area (Å²) in [4.78, 5) is 30.0. The number of thiophene rings is 2. The molecular weight excluding hydrogens is 296 g/mol. The van der Waals surface area contributed by atoms with E-state index >= 15 is 0 Å². The summed E-state index contributed by atoms with van der Waals surface area (Å²) in [7, 11) is 0. The summed E-state index contributed by atoms with van der Waals surface area (Å²) < 4.78 is 1.53. The fourth-order valence-corrected chi connectivity index (χ4v) is 3.46. The smallest absolute Gasteiger partial charge is 0.275 e. The highest BCUT2D eigenvalue weighted by molar-refractivity contribution is 7.16. The van der Waals surface area contributed by atoms with Gasteiger partial charge in [0.2, 0.25) is 0 Å². The molecule has 0 radical (unpaired) electrons. The molecule has 102 valence electrons. The van der Waals surface area contributed by atoms with E-state index in [0.717, 1.165) is 9.71 Å². The number of aromatic nitrogens is 2. The van der Waals surface area contributed by atoms with Crippen LogP contribution in [-0.2, 0) is 6.54 Å². The molecule has 0 aliphatic rings. The molecule has 0 saturated carbocycles. The maximum absolute atomic E-state index is 12.2. The van der Waals surface area contributed by atoms with E-state index < -0.39 is 0 Å². The molecule has 0 spiro atoms. The number of hydrogen-bond acceptors (Lipinski definition) is 6. The average Bonchev–Trinajstić information content (AvgIpc) is 3.10. The zero-order valence-electron chi connectivity index (χ0n) is 10.2. The summed E-state index contributed by atoms with van der Waals surface area (Å²) in [5, 5.41) is 2.46. The lowest BCUT2D eigenvalue weighted by molar-refractivity contribution is 0.0957. The number of carbonyl (C=O) groups excluding carboxylic acids is 1. The van der Waals surface area contributed by atoms with Crippen LogP contribution in [0.1, 0.15) is 14.5 Å². The Morgan fingerprint density at radius 3 is 3.05 bits per heavy atom. The maximum atomic E-state index is 12.2. The van der Waals surface area contributed by atoms with E-state index in [-0.39, 0.29) is 11.5 Å². The third-order valence-corrected chi connectivity index (χ3v) is 4.68. The van der Waals surface area contributed by atoms with Gasteiger partial charge in [0.15, 0.2) is 0 Å². The van der Waals surface area contributed by atoms with Gasteiger partial charge in [0.1, 0.15) is 4.83 Å². The number of hydrogen-bond donors (Lipinski definition) is 2. The highest BCUT2D eigenvalue weighted by Crippen LogP contribution is 2.18. The second kappa shape index (κ2) is 5.16. The number of fused-ring (bicyclic) bond motifs is 1. The highest BCUT2D eigenvalue weighted by atomic mass is 32.1. The molecule has 0 saturated heterocycles. The molecule has 3 N–H and O–H groups in total. The number of carbonyl (C=O) groups is 1. The number of nitrogens with two attached hydrogens (primary N) is 1. The van der Waals surface area contributed by atoms with Crippen molar-refractivity contribution in [1.82, 2.24) is 15.0 Å². The zero-order valence-corrected chi connectivity index (χ0v) is 11.8. The topological polar surface area (TPSA) is 90.0 Å². The third kappa shape index (κ3) is 2.24. The molecule has 8 heteroatoms. The highest BCUT2D eigenvalue weighted by Gasteiger charge is 2.10. The van der Waals surface area contributed by atoms with Crippen molar-refractivity contribution in [2.75, 3.05) is 0 Å². The quantitative estimate of drug-likeness (QED) is 0.432. The molecule has 3 aromatic rings. The summed E-state index contributed by atoms with van der Waals surface area (Å²) in [6.45, 7) is 0.389. The second-order valence-electron chi connectivity index (χ2n) is 4.06. The predicted octanol–water partition coefficient (Wildman–Crippen LogP) is 1.17. The van der Waals surface area contributed by atoms with Crippen LogP contribution in [-0.4, -0.2) is 15.5 Å². The second-order valence-corrected chi connectivity index (χ2v) is 6.12. The van der Waals surface area contributed by atoms with Gasteiger partial charge in [-0.15, -0.1) is 22.7 Å². The predicted molar refractivity (Wildman–Crippen MR) is 79.0 cm³/mol. The van der Waals surface area contributed by atoms with E-state index in [2.05, 4.69) is 10.4 Å². The molecule has 0 unspecified atom stereocenters. The molecule has 0 aliphatic carbocycles. The van der Waals surface area contributed by atoms with Crippen LogP contribution in [0.25, 0.3) is 10.2 Å². The first-order valence-electron chi connectivity index (χ1n) is 5.71. The fraction of sp³-hybridized carbons (Fsp3) is 0.0833. The molecule has 0 aromatic carbocycles. The van der Waals surface area contributed by atoms with Gasteiger partial charge in [0.05, 0.1) is 23.1 Å². The van der Waals surface area contributed by atoms with Gasteiger partial charge >= 0.3 is 0 Å². The Balaban J connectivity index is 1.93. The van der Waals surface area contributed by atoms with E-state index in [9.17, 15) is 9.59 Å². The minimum absolute atomic E-state index is 0.0746. The van der Waals surface area contributed by atoms with Gasteiger partial charge in [-0.3, -0.25) is 19.6 Å². The van der Waals surface area contributed by atoms with Crippen molar-refractivity contribution >= 4 is 38.8 Å². The molecule has 20 heavy (non-hydrogen) atoms. The third-order valence-electron chi connectivity index (χ3n) is 2.79. The van der Waals surface area contributed by atoms with Crippen LogP contribution >= 0.6 is 22.7 Å². The number of nitrogens with one attached hydrogen (secondary N) is 1. The zero-order chi connectivity index (χ0) is 14.1. The Bertz CT molecular complexity index is 833. The SMILES string of the molecule is NNC(=O)c1ccc(Cn2cnc3sccc3c2=O)s1. The number of hydrazine groups is 1. The minimum atomic E-state index is -0.333. The van der Waals surface area contributed by atoms with E-state index in [0.29, 0.717) is 16.8 Å². The van der Waals surface area contributed by atoms with Crippen molar-refractivity contribution in [1.29, 1.82) is 0 Å². The van der Waals surface area contributed by atoms with Crippen molar-refractivity contribution in [3.8, 4) is 0 Å².